The second-order valence-corrected chi connectivity index (χ2v) is 3.87. The smallest absolute Gasteiger partial charge is 0.239 e. The fourth-order valence-corrected chi connectivity index (χ4v) is 1.71. The van der Waals surface area contributed by atoms with Gasteiger partial charge < -0.3 is 20.5 Å². The Kier molecular flexibility index (Phi) is 3.37. The molecule has 1 aliphatic heterocycles. The van der Waals surface area contributed by atoms with Crippen LogP contribution in [-0.4, -0.2) is 25.2 Å². The molecule has 1 aromatic rings. The van der Waals surface area contributed by atoms with Crippen molar-refractivity contribution < 1.29 is 14.3 Å². The monoisotopic (exact) mass is 236 g/mol. The first-order valence-corrected chi connectivity index (χ1v) is 5.66. The molecule has 0 radical (unpaired) electrons. The number of primary amides is 1. The van der Waals surface area contributed by atoms with E-state index in [4.69, 9.17) is 15.2 Å². The number of carbonyl (C=O) groups is 1. The first-order chi connectivity index (χ1) is 8.20. The molecule has 1 unspecified atom stereocenters. The van der Waals surface area contributed by atoms with Crippen molar-refractivity contribution in [1.82, 2.24) is 0 Å². The molecular weight excluding hydrogens is 220 g/mol. The number of rotatable bonds is 4. The molecule has 0 spiro atoms. The predicted octanol–water partition coefficient (Wildman–Crippen LogP) is 1.13. The molecule has 0 saturated carbocycles. The average Bonchev–Trinajstić information content (AvgIpc) is 2.35. The van der Waals surface area contributed by atoms with E-state index < -0.39 is 0 Å². The maximum absolute atomic E-state index is 11.1. The van der Waals surface area contributed by atoms with Gasteiger partial charge in [0.15, 0.2) is 11.5 Å². The maximum atomic E-state index is 11.1. The lowest BCUT2D eigenvalue weighted by Crippen LogP contribution is -2.34. The lowest BCUT2D eigenvalue weighted by molar-refractivity contribution is -0.118. The summed E-state index contributed by atoms with van der Waals surface area (Å²) in [6, 6.07) is 5.13. The topological polar surface area (TPSA) is 73.6 Å². The zero-order chi connectivity index (χ0) is 12.3. The number of hydrogen-bond acceptors (Lipinski definition) is 4. The summed E-state index contributed by atoms with van der Waals surface area (Å²) in [5.41, 5.74) is 6.08. The summed E-state index contributed by atoms with van der Waals surface area (Å²) in [5.74, 6) is 1.07. The van der Waals surface area contributed by atoms with Crippen LogP contribution in [0.1, 0.15) is 13.3 Å². The van der Waals surface area contributed by atoms with Crippen LogP contribution in [-0.2, 0) is 4.79 Å². The molecule has 0 fully saturated rings. The van der Waals surface area contributed by atoms with Crippen LogP contribution in [0.15, 0.2) is 18.2 Å². The molecule has 1 amide bonds. The summed E-state index contributed by atoms with van der Waals surface area (Å²) in [6.07, 6.45) is 0.643. The van der Waals surface area contributed by atoms with Crippen LogP contribution in [0.5, 0.6) is 11.5 Å². The van der Waals surface area contributed by atoms with Gasteiger partial charge in [0.2, 0.25) is 5.91 Å². The Labute approximate surface area is 99.9 Å². The van der Waals surface area contributed by atoms with E-state index in [9.17, 15) is 4.79 Å². The van der Waals surface area contributed by atoms with Gasteiger partial charge >= 0.3 is 0 Å². The van der Waals surface area contributed by atoms with E-state index in [1.165, 1.54) is 0 Å². The Morgan fingerprint density at radius 2 is 2.12 bits per heavy atom. The molecule has 0 aromatic heterocycles. The highest BCUT2D eigenvalue weighted by molar-refractivity contribution is 5.83. The molecular formula is C12H16N2O3. The molecule has 5 heteroatoms. The quantitative estimate of drug-likeness (QED) is 0.822. The van der Waals surface area contributed by atoms with Crippen molar-refractivity contribution in [2.24, 2.45) is 5.73 Å². The zero-order valence-electron chi connectivity index (χ0n) is 9.73. The highest BCUT2D eigenvalue weighted by Crippen LogP contribution is 2.32. The third-order valence-corrected chi connectivity index (χ3v) is 2.63. The summed E-state index contributed by atoms with van der Waals surface area (Å²) >= 11 is 0. The van der Waals surface area contributed by atoms with E-state index in [-0.39, 0.29) is 11.9 Å². The zero-order valence-corrected chi connectivity index (χ0v) is 9.73. The van der Waals surface area contributed by atoms with Gasteiger partial charge in [0.25, 0.3) is 0 Å². The van der Waals surface area contributed by atoms with E-state index in [2.05, 4.69) is 5.32 Å². The Bertz CT molecular complexity index is 420. The number of ether oxygens (including phenoxy) is 2. The van der Waals surface area contributed by atoms with Gasteiger partial charge in [-0.1, -0.05) is 6.92 Å². The van der Waals surface area contributed by atoms with Gasteiger partial charge in [0.05, 0.1) is 0 Å². The minimum Gasteiger partial charge on any atom is -0.486 e. The van der Waals surface area contributed by atoms with E-state index in [0.29, 0.717) is 25.4 Å². The van der Waals surface area contributed by atoms with Gasteiger partial charge in [-0.3, -0.25) is 4.79 Å². The number of nitrogens with two attached hydrogens (primary N) is 1. The fourth-order valence-electron chi connectivity index (χ4n) is 1.71. The van der Waals surface area contributed by atoms with Crippen LogP contribution >= 0.6 is 0 Å². The minimum atomic E-state index is -0.363. The number of carbonyl (C=O) groups excluding carboxylic acids is 1. The molecule has 1 heterocycles. The van der Waals surface area contributed by atoms with Crippen molar-refractivity contribution in [3.8, 4) is 11.5 Å². The molecule has 0 bridgehead atoms. The third kappa shape index (κ3) is 2.61. The lowest BCUT2D eigenvalue weighted by atomic mass is 10.2. The third-order valence-electron chi connectivity index (χ3n) is 2.63. The summed E-state index contributed by atoms with van der Waals surface area (Å²) < 4.78 is 10.9. The van der Waals surface area contributed by atoms with E-state index in [1.54, 1.807) is 0 Å². The molecule has 17 heavy (non-hydrogen) atoms. The van der Waals surface area contributed by atoms with E-state index >= 15 is 0 Å². The highest BCUT2D eigenvalue weighted by atomic mass is 16.6. The maximum Gasteiger partial charge on any atom is 0.239 e. The highest BCUT2D eigenvalue weighted by Gasteiger charge is 2.15. The molecule has 1 atom stereocenters. The van der Waals surface area contributed by atoms with Gasteiger partial charge in [0, 0.05) is 11.8 Å². The number of fused-ring (bicyclic) bond motifs is 1. The number of anilines is 1. The van der Waals surface area contributed by atoms with E-state index in [0.717, 1.165) is 11.4 Å². The molecule has 1 aliphatic rings. The Balaban J connectivity index is 2.14. The van der Waals surface area contributed by atoms with Crippen molar-refractivity contribution in [3.05, 3.63) is 18.2 Å². The Morgan fingerprint density at radius 3 is 2.76 bits per heavy atom. The fraction of sp³-hybridized carbons (Fsp3) is 0.417. The van der Waals surface area contributed by atoms with Gasteiger partial charge in [-0.25, -0.2) is 0 Å². The normalized spacial score (nSPS) is 15.1. The average molecular weight is 236 g/mol. The first-order valence-electron chi connectivity index (χ1n) is 5.66. The Morgan fingerprint density at radius 1 is 1.41 bits per heavy atom. The standard InChI is InChI=1S/C12H16N2O3/c1-2-9(12(13)15)14-8-3-4-10-11(7-8)17-6-5-16-10/h3-4,7,9,14H,2,5-6H2,1H3,(H2,13,15). The van der Waals surface area contributed by atoms with Gasteiger partial charge in [-0.2, -0.15) is 0 Å². The number of benzene rings is 1. The molecule has 0 aliphatic carbocycles. The van der Waals surface area contributed by atoms with Crippen LogP contribution in [0, 0.1) is 0 Å². The van der Waals surface area contributed by atoms with Gasteiger partial charge in [0.1, 0.15) is 19.3 Å². The summed E-state index contributed by atoms with van der Waals surface area (Å²) in [7, 11) is 0. The molecule has 3 N–H and O–H groups in total. The van der Waals surface area contributed by atoms with Gasteiger partial charge in [-0.15, -0.1) is 0 Å². The number of nitrogens with one attached hydrogen (secondary N) is 1. The molecule has 2 rings (SSSR count). The summed E-state index contributed by atoms with van der Waals surface area (Å²) in [6.45, 7) is 3.02. The second-order valence-electron chi connectivity index (χ2n) is 3.87. The van der Waals surface area contributed by atoms with Crippen LogP contribution in [0.25, 0.3) is 0 Å². The second kappa shape index (κ2) is 4.95. The summed E-state index contributed by atoms with van der Waals surface area (Å²) in [4.78, 5) is 11.1. The minimum absolute atomic E-state index is 0.359. The molecule has 0 saturated heterocycles. The van der Waals surface area contributed by atoms with Crippen LogP contribution in [0.2, 0.25) is 0 Å². The van der Waals surface area contributed by atoms with Crippen molar-refractivity contribution in [2.75, 3.05) is 18.5 Å². The molecule has 92 valence electrons. The van der Waals surface area contributed by atoms with Crippen molar-refractivity contribution in [2.45, 2.75) is 19.4 Å². The van der Waals surface area contributed by atoms with E-state index in [1.807, 2.05) is 25.1 Å². The van der Waals surface area contributed by atoms with Crippen molar-refractivity contribution in [1.29, 1.82) is 0 Å². The van der Waals surface area contributed by atoms with Crippen LogP contribution in [0.4, 0.5) is 5.69 Å². The van der Waals surface area contributed by atoms with Crippen molar-refractivity contribution >= 4 is 11.6 Å². The number of hydrogen-bond donors (Lipinski definition) is 2. The summed E-state index contributed by atoms with van der Waals surface area (Å²) in [5, 5.41) is 3.07. The predicted molar refractivity (Wildman–Crippen MR) is 64.3 cm³/mol. The number of amides is 1. The van der Waals surface area contributed by atoms with Crippen molar-refractivity contribution in [3.63, 3.8) is 0 Å². The Hall–Kier alpha value is -1.91. The van der Waals surface area contributed by atoms with Crippen LogP contribution < -0.4 is 20.5 Å². The SMILES string of the molecule is CCC(Nc1ccc2c(c1)OCCO2)C(N)=O. The largest absolute Gasteiger partial charge is 0.486 e. The molecule has 1 aromatic carbocycles. The van der Waals surface area contributed by atoms with Gasteiger partial charge in [-0.05, 0) is 18.6 Å². The molecule has 5 nitrogen and oxygen atoms in total. The van der Waals surface area contributed by atoms with Crippen LogP contribution in [0.3, 0.4) is 0 Å². The lowest BCUT2D eigenvalue weighted by Gasteiger charge is -2.20. The first kappa shape index (κ1) is 11.6.